The van der Waals surface area contributed by atoms with Gasteiger partial charge in [-0.1, -0.05) is 13.3 Å². The highest BCUT2D eigenvalue weighted by atomic mass is 32.1. The molecule has 0 saturated carbocycles. The van der Waals surface area contributed by atoms with Crippen molar-refractivity contribution >= 4 is 23.1 Å². The Morgan fingerprint density at radius 1 is 1.50 bits per heavy atom. The van der Waals surface area contributed by atoms with Crippen LogP contribution in [0.2, 0.25) is 0 Å². The Labute approximate surface area is 122 Å². The molecule has 1 unspecified atom stereocenters. The lowest BCUT2D eigenvalue weighted by atomic mass is 10.1. The summed E-state index contributed by atoms with van der Waals surface area (Å²) in [6, 6.07) is 5.39. The van der Waals surface area contributed by atoms with Crippen LogP contribution in [0.5, 0.6) is 0 Å². The van der Waals surface area contributed by atoms with Gasteiger partial charge in [0.25, 0.3) is 0 Å². The SMILES string of the molecule is CCCc1cc(C(=O)O)cc(NC(C)c2ccsc2)n1. The number of aromatic carboxylic acids is 1. The molecule has 0 radical (unpaired) electrons. The summed E-state index contributed by atoms with van der Waals surface area (Å²) in [5.74, 6) is -0.303. The topological polar surface area (TPSA) is 62.2 Å². The lowest BCUT2D eigenvalue weighted by molar-refractivity contribution is 0.0696. The Hall–Kier alpha value is -1.88. The molecule has 0 aliphatic heterocycles. The predicted octanol–water partition coefficient (Wildman–Crippen LogP) is 3.97. The second-order valence-electron chi connectivity index (χ2n) is 4.71. The number of carboxylic acids is 1. The van der Waals surface area contributed by atoms with E-state index < -0.39 is 5.97 Å². The Kier molecular flexibility index (Phi) is 4.74. The summed E-state index contributed by atoms with van der Waals surface area (Å²) < 4.78 is 0. The number of rotatable bonds is 6. The van der Waals surface area contributed by atoms with Gasteiger partial charge in [-0.3, -0.25) is 0 Å². The quantitative estimate of drug-likeness (QED) is 0.845. The van der Waals surface area contributed by atoms with Crippen LogP contribution in [0.4, 0.5) is 5.82 Å². The van der Waals surface area contributed by atoms with Gasteiger partial charge in [0.1, 0.15) is 5.82 Å². The summed E-state index contributed by atoms with van der Waals surface area (Å²) in [6.07, 6.45) is 1.72. The molecule has 0 bridgehead atoms. The van der Waals surface area contributed by atoms with Crippen molar-refractivity contribution in [1.82, 2.24) is 4.98 Å². The van der Waals surface area contributed by atoms with Crippen LogP contribution in [-0.2, 0) is 6.42 Å². The van der Waals surface area contributed by atoms with Crippen molar-refractivity contribution in [3.63, 3.8) is 0 Å². The lowest BCUT2D eigenvalue weighted by Gasteiger charge is -2.14. The van der Waals surface area contributed by atoms with E-state index in [1.165, 1.54) is 5.56 Å². The first-order valence-corrected chi connectivity index (χ1v) is 7.57. The zero-order valence-electron chi connectivity index (χ0n) is 11.6. The average Bonchev–Trinajstić information content (AvgIpc) is 2.92. The first-order valence-electron chi connectivity index (χ1n) is 6.63. The monoisotopic (exact) mass is 290 g/mol. The number of hydrogen-bond donors (Lipinski definition) is 2. The first kappa shape index (κ1) is 14.5. The summed E-state index contributed by atoms with van der Waals surface area (Å²) in [6.45, 7) is 4.09. The van der Waals surface area contributed by atoms with Crippen molar-refractivity contribution in [2.24, 2.45) is 0 Å². The minimum atomic E-state index is -0.920. The fourth-order valence-electron chi connectivity index (χ4n) is 2.00. The van der Waals surface area contributed by atoms with Crippen molar-refractivity contribution in [1.29, 1.82) is 0 Å². The maximum absolute atomic E-state index is 11.2. The van der Waals surface area contributed by atoms with Crippen LogP contribution in [0, 0.1) is 0 Å². The highest BCUT2D eigenvalue weighted by Gasteiger charge is 2.11. The third kappa shape index (κ3) is 3.57. The molecule has 1 atom stereocenters. The molecule has 2 aromatic heterocycles. The van der Waals surface area contributed by atoms with E-state index in [9.17, 15) is 4.79 Å². The number of aromatic nitrogens is 1. The van der Waals surface area contributed by atoms with Crippen molar-refractivity contribution in [2.45, 2.75) is 32.7 Å². The molecular weight excluding hydrogens is 272 g/mol. The van der Waals surface area contributed by atoms with Gasteiger partial charge in [0.2, 0.25) is 0 Å². The third-order valence-corrected chi connectivity index (χ3v) is 3.74. The fraction of sp³-hybridized carbons (Fsp3) is 0.333. The van der Waals surface area contributed by atoms with Gasteiger partial charge in [0, 0.05) is 5.69 Å². The van der Waals surface area contributed by atoms with E-state index in [0.717, 1.165) is 18.5 Å². The second kappa shape index (κ2) is 6.52. The maximum Gasteiger partial charge on any atom is 0.335 e. The number of hydrogen-bond acceptors (Lipinski definition) is 4. The zero-order valence-corrected chi connectivity index (χ0v) is 12.4. The van der Waals surface area contributed by atoms with E-state index in [1.54, 1.807) is 23.5 Å². The van der Waals surface area contributed by atoms with Crippen molar-refractivity contribution in [3.8, 4) is 0 Å². The maximum atomic E-state index is 11.2. The van der Waals surface area contributed by atoms with Crippen LogP contribution < -0.4 is 5.32 Å². The molecule has 0 aliphatic rings. The van der Waals surface area contributed by atoms with Gasteiger partial charge in [0.15, 0.2) is 0 Å². The van der Waals surface area contributed by atoms with E-state index in [1.807, 2.05) is 12.3 Å². The van der Waals surface area contributed by atoms with Gasteiger partial charge in [-0.2, -0.15) is 11.3 Å². The van der Waals surface area contributed by atoms with Gasteiger partial charge in [0.05, 0.1) is 11.6 Å². The Morgan fingerprint density at radius 3 is 2.90 bits per heavy atom. The van der Waals surface area contributed by atoms with E-state index in [2.05, 4.69) is 28.7 Å². The molecule has 2 aromatic rings. The van der Waals surface area contributed by atoms with E-state index in [0.29, 0.717) is 5.82 Å². The first-order chi connectivity index (χ1) is 9.60. The molecule has 2 N–H and O–H groups in total. The minimum absolute atomic E-state index is 0.104. The van der Waals surface area contributed by atoms with Crippen molar-refractivity contribution in [3.05, 3.63) is 45.8 Å². The number of carbonyl (C=O) groups is 1. The summed E-state index contributed by atoms with van der Waals surface area (Å²) in [5.41, 5.74) is 2.27. The number of carboxylic acid groups (broad SMARTS) is 1. The van der Waals surface area contributed by atoms with E-state index >= 15 is 0 Å². The standard InChI is InChI=1S/C15H18N2O2S/c1-3-4-13-7-12(15(18)19)8-14(17-13)16-10(2)11-5-6-20-9-11/h5-10H,3-4H2,1-2H3,(H,16,17)(H,18,19). The summed E-state index contributed by atoms with van der Waals surface area (Å²) in [7, 11) is 0. The normalized spacial score (nSPS) is 12.1. The van der Waals surface area contributed by atoms with Crippen LogP contribution in [0.1, 0.15) is 47.9 Å². The number of nitrogens with zero attached hydrogens (tertiary/aromatic N) is 1. The molecular formula is C15H18N2O2S. The van der Waals surface area contributed by atoms with E-state index in [4.69, 9.17) is 5.11 Å². The van der Waals surface area contributed by atoms with Crippen LogP contribution in [0.25, 0.3) is 0 Å². The fourth-order valence-corrected chi connectivity index (χ4v) is 2.75. The molecule has 5 heteroatoms. The van der Waals surface area contributed by atoms with Crippen molar-refractivity contribution < 1.29 is 9.90 Å². The van der Waals surface area contributed by atoms with Gasteiger partial charge < -0.3 is 10.4 Å². The number of nitrogens with one attached hydrogen (secondary N) is 1. The molecule has 0 saturated heterocycles. The number of anilines is 1. The predicted molar refractivity (Wildman–Crippen MR) is 81.5 cm³/mol. The van der Waals surface area contributed by atoms with Gasteiger partial charge in [-0.05, 0) is 47.9 Å². The summed E-state index contributed by atoms with van der Waals surface area (Å²) in [4.78, 5) is 15.7. The molecule has 20 heavy (non-hydrogen) atoms. The second-order valence-corrected chi connectivity index (χ2v) is 5.49. The van der Waals surface area contributed by atoms with Crippen LogP contribution in [0.3, 0.4) is 0 Å². The Balaban J connectivity index is 2.23. The van der Waals surface area contributed by atoms with Crippen LogP contribution in [0.15, 0.2) is 29.0 Å². The molecule has 2 heterocycles. The van der Waals surface area contributed by atoms with Gasteiger partial charge in [-0.25, -0.2) is 9.78 Å². The molecule has 0 fully saturated rings. The number of pyridine rings is 1. The van der Waals surface area contributed by atoms with Crippen molar-refractivity contribution in [2.75, 3.05) is 5.32 Å². The van der Waals surface area contributed by atoms with Crippen LogP contribution >= 0.6 is 11.3 Å². The highest BCUT2D eigenvalue weighted by molar-refractivity contribution is 7.07. The molecule has 4 nitrogen and oxygen atoms in total. The molecule has 106 valence electrons. The van der Waals surface area contributed by atoms with Gasteiger partial charge >= 0.3 is 5.97 Å². The lowest BCUT2D eigenvalue weighted by Crippen LogP contribution is -2.10. The third-order valence-electron chi connectivity index (χ3n) is 3.04. The molecule has 2 rings (SSSR count). The smallest absolute Gasteiger partial charge is 0.335 e. The minimum Gasteiger partial charge on any atom is -0.478 e. The molecule has 0 spiro atoms. The number of aryl methyl sites for hydroxylation is 1. The highest BCUT2D eigenvalue weighted by Crippen LogP contribution is 2.21. The average molecular weight is 290 g/mol. The molecule has 0 aliphatic carbocycles. The Bertz CT molecular complexity index is 582. The summed E-state index contributed by atoms with van der Waals surface area (Å²) in [5, 5.41) is 16.5. The number of thiophene rings is 1. The molecule has 0 amide bonds. The molecule has 0 aromatic carbocycles. The Morgan fingerprint density at radius 2 is 2.30 bits per heavy atom. The summed E-state index contributed by atoms with van der Waals surface area (Å²) >= 11 is 1.64. The largest absolute Gasteiger partial charge is 0.478 e. The van der Waals surface area contributed by atoms with Gasteiger partial charge in [-0.15, -0.1) is 0 Å². The van der Waals surface area contributed by atoms with Crippen LogP contribution in [-0.4, -0.2) is 16.1 Å². The zero-order chi connectivity index (χ0) is 14.5. The van der Waals surface area contributed by atoms with E-state index in [-0.39, 0.29) is 11.6 Å².